The minimum Gasteiger partial charge on any atom is -0.481 e. The number of carbonyl (C=O) groups is 3. The van der Waals surface area contributed by atoms with Gasteiger partial charge in [-0.05, 0) is 54.8 Å². The highest BCUT2D eigenvalue weighted by Crippen LogP contribution is 2.20. The van der Waals surface area contributed by atoms with Gasteiger partial charge in [0.15, 0.2) is 11.6 Å². The average Bonchev–Trinajstić information content (AvgIpc) is 2.66. The van der Waals surface area contributed by atoms with E-state index in [1.54, 1.807) is 35.8 Å². The highest BCUT2D eigenvalue weighted by Gasteiger charge is 2.18. The SMILES string of the molecule is CC.CS\C=C/C=C(NSCC(=O)O)\C(=C\C(C)=O)C(=O)c1cccc(Cl)c1. The zero-order chi connectivity index (χ0) is 21.5. The van der Waals surface area contributed by atoms with Gasteiger partial charge in [-0.1, -0.05) is 43.7 Å². The summed E-state index contributed by atoms with van der Waals surface area (Å²) in [7, 11) is 0. The van der Waals surface area contributed by atoms with Gasteiger partial charge in [0.05, 0.1) is 11.3 Å². The van der Waals surface area contributed by atoms with Gasteiger partial charge >= 0.3 is 5.97 Å². The third-order valence-electron chi connectivity index (χ3n) is 2.82. The van der Waals surface area contributed by atoms with Crippen LogP contribution in [0.2, 0.25) is 5.02 Å². The number of hydrogen-bond donors (Lipinski definition) is 2. The van der Waals surface area contributed by atoms with Gasteiger partial charge in [0.25, 0.3) is 0 Å². The van der Waals surface area contributed by atoms with Gasteiger partial charge in [0, 0.05) is 10.6 Å². The van der Waals surface area contributed by atoms with Gasteiger partial charge in [0.1, 0.15) is 5.75 Å². The van der Waals surface area contributed by atoms with E-state index < -0.39 is 11.8 Å². The van der Waals surface area contributed by atoms with Crippen LogP contribution in [0.15, 0.2) is 59.2 Å². The molecule has 0 amide bonds. The number of halogens is 1. The quantitative estimate of drug-likeness (QED) is 0.225. The number of allylic oxidation sites excluding steroid dienone is 4. The van der Waals surface area contributed by atoms with Crippen molar-refractivity contribution in [3.8, 4) is 0 Å². The summed E-state index contributed by atoms with van der Waals surface area (Å²) in [5.41, 5.74) is 0.792. The molecular weight excluding hydrogens is 418 g/mol. The van der Waals surface area contributed by atoms with E-state index in [0.717, 1.165) is 11.9 Å². The van der Waals surface area contributed by atoms with Crippen molar-refractivity contribution in [1.82, 2.24) is 4.72 Å². The lowest BCUT2D eigenvalue weighted by molar-refractivity contribution is -0.133. The van der Waals surface area contributed by atoms with Crippen LogP contribution in [0.5, 0.6) is 0 Å². The first-order chi connectivity index (χ1) is 13.3. The molecule has 0 aliphatic carbocycles. The second-order valence-electron chi connectivity index (χ2n) is 4.94. The lowest BCUT2D eigenvalue weighted by Crippen LogP contribution is -2.17. The molecule has 2 N–H and O–H groups in total. The molecule has 152 valence electrons. The van der Waals surface area contributed by atoms with Crippen LogP contribution in [-0.2, 0) is 9.59 Å². The summed E-state index contributed by atoms with van der Waals surface area (Å²) >= 11 is 8.32. The van der Waals surface area contributed by atoms with Crippen molar-refractivity contribution in [2.45, 2.75) is 20.8 Å². The fourth-order valence-corrected chi connectivity index (χ4v) is 2.78. The molecule has 0 saturated carbocycles. The maximum Gasteiger partial charge on any atom is 0.315 e. The highest BCUT2D eigenvalue weighted by molar-refractivity contribution is 8.01. The minimum atomic E-state index is -1.00. The second-order valence-corrected chi connectivity index (χ2v) is 6.90. The molecule has 0 aliphatic heterocycles. The lowest BCUT2D eigenvalue weighted by Gasteiger charge is -2.13. The first-order valence-electron chi connectivity index (χ1n) is 8.37. The number of carboxylic acids is 1. The van der Waals surface area contributed by atoms with Crippen LogP contribution in [0.3, 0.4) is 0 Å². The first kappa shape index (κ1) is 26.0. The number of thioether (sulfide) groups is 1. The summed E-state index contributed by atoms with van der Waals surface area (Å²) in [5.74, 6) is -1.91. The number of benzene rings is 1. The molecule has 0 radical (unpaired) electrons. The van der Waals surface area contributed by atoms with Crippen LogP contribution < -0.4 is 4.72 Å². The molecule has 0 heterocycles. The monoisotopic (exact) mass is 441 g/mol. The van der Waals surface area contributed by atoms with Crippen LogP contribution >= 0.6 is 35.3 Å². The van der Waals surface area contributed by atoms with Crippen LogP contribution in [0.4, 0.5) is 0 Å². The first-order valence-corrected chi connectivity index (χ1v) is 11.0. The van der Waals surface area contributed by atoms with E-state index in [2.05, 4.69) is 4.72 Å². The van der Waals surface area contributed by atoms with E-state index in [-0.39, 0.29) is 17.1 Å². The van der Waals surface area contributed by atoms with Crippen molar-refractivity contribution in [2.75, 3.05) is 12.0 Å². The predicted molar refractivity (Wildman–Crippen MR) is 120 cm³/mol. The molecule has 8 heteroatoms. The number of ketones is 2. The maximum atomic E-state index is 12.9. The molecule has 0 unspecified atom stereocenters. The number of hydrogen-bond acceptors (Lipinski definition) is 6. The zero-order valence-corrected chi connectivity index (χ0v) is 18.6. The van der Waals surface area contributed by atoms with Gasteiger partial charge in [-0.2, -0.15) is 0 Å². The number of rotatable bonds is 10. The Balaban J connectivity index is 0.00000352. The Morgan fingerprint density at radius 3 is 2.46 bits per heavy atom. The van der Waals surface area contributed by atoms with Crippen LogP contribution in [0, 0.1) is 0 Å². The van der Waals surface area contributed by atoms with E-state index in [9.17, 15) is 14.4 Å². The number of nitrogens with one attached hydrogen (secondary N) is 1. The molecule has 0 bridgehead atoms. The van der Waals surface area contributed by atoms with Crippen molar-refractivity contribution in [3.63, 3.8) is 0 Å². The number of Topliss-reactive ketones (excluding diaryl/α,β-unsaturated/α-hetero) is 1. The van der Waals surface area contributed by atoms with E-state index in [4.69, 9.17) is 16.7 Å². The summed E-state index contributed by atoms with van der Waals surface area (Å²) in [5, 5.41) is 11.0. The van der Waals surface area contributed by atoms with Crippen molar-refractivity contribution in [1.29, 1.82) is 0 Å². The van der Waals surface area contributed by atoms with Crippen molar-refractivity contribution >= 4 is 52.8 Å². The molecule has 0 aliphatic rings. The molecule has 1 rings (SSSR count). The summed E-state index contributed by atoms with van der Waals surface area (Å²) in [4.78, 5) is 35.3. The number of aliphatic carboxylic acids is 1. The maximum absolute atomic E-state index is 12.9. The molecule has 28 heavy (non-hydrogen) atoms. The van der Waals surface area contributed by atoms with Crippen molar-refractivity contribution in [2.24, 2.45) is 0 Å². The van der Waals surface area contributed by atoms with Gasteiger partial charge in [-0.15, -0.1) is 11.8 Å². The molecule has 0 aromatic heterocycles. The Labute approximate surface area is 179 Å². The van der Waals surface area contributed by atoms with E-state index in [0.29, 0.717) is 16.3 Å². The summed E-state index contributed by atoms with van der Waals surface area (Å²) in [6.45, 7) is 5.34. The van der Waals surface area contributed by atoms with E-state index in [1.807, 2.05) is 20.1 Å². The van der Waals surface area contributed by atoms with E-state index >= 15 is 0 Å². The number of carboxylic acid groups (broad SMARTS) is 1. The fraction of sp³-hybridized carbons (Fsp3) is 0.250. The Kier molecular flexibility index (Phi) is 14.0. The molecule has 5 nitrogen and oxygen atoms in total. The molecule has 1 aromatic rings. The van der Waals surface area contributed by atoms with Gasteiger partial charge < -0.3 is 9.83 Å². The molecular formula is C20H24ClNO4S2. The highest BCUT2D eigenvalue weighted by atomic mass is 35.5. The standard InChI is InChI=1S/C18H18ClNO4S2.C2H6/c1-12(21)9-15(18(24)13-5-3-6-14(19)10-13)16(7-4-8-25-2)20-26-11-17(22)23;1-2/h3-10,20H,11H2,1-2H3,(H,22,23);1-2H3/b8-4-,15-9-,16-7+;. The van der Waals surface area contributed by atoms with Gasteiger partial charge in [0.2, 0.25) is 0 Å². The molecule has 1 aromatic carbocycles. The van der Waals surface area contributed by atoms with Crippen molar-refractivity contribution < 1.29 is 19.5 Å². The zero-order valence-electron chi connectivity index (χ0n) is 16.2. The molecule has 0 spiro atoms. The van der Waals surface area contributed by atoms with Crippen LogP contribution in [0.25, 0.3) is 0 Å². The van der Waals surface area contributed by atoms with Crippen LogP contribution in [0.1, 0.15) is 31.1 Å². The normalized spacial score (nSPS) is 11.6. The van der Waals surface area contributed by atoms with Gasteiger partial charge in [-0.25, -0.2) is 0 Å². The Hall–Kier alpha value is -1.96. The summed E-state index contributed by atoms with van der Waals surface area (Å²) < 4.78 is 2.84. The second kappa shape index (κ2) is 15.0. The molecule has 0 atom stereocenters. The molecule has 0 fully saturated rings. The predicted octanol–water partition coefficient (Wildman–Crippen LogP) is 5.15. The largest absolute Gasteiger partial charge is 0.481 e. The third-order valence-corrected chi connectivity index (χ3v) is 4.24. The Morgan fingerprint density at radius 1 is 1.25 bits per heavy atom. The van der Waals surface area contributed by atoms with Gasteiger partial charge in [-0.3, -0.25) is 14.4 Å². The lowest BCUT2D eigenvalue weighted by atomic mass is 9.99. The Bertz CT molecular complexity index is 773. The van der Waals surface area contributed by atoms with Crippen molar-refractivity contribution in [3.05, 3.63) is 69.8 Å². The summed E-state index contributed by atoms with van der Waals surface area (Å²) in [6, 6.07) is 6.40. The smallest absolute Gasteiger partial charge is 0.315 e. The summed E-state index contributed by atoms with van der Waals surface area (Å²) in [6.07, 6.45) is 6.41. The number of carbonyl (C=O) groups excluding carboxylic acids is 2. The molecule has 0 saturated heterocycles. The minimum absolute atomic E-state index is 0.128. The third kappa shape index (κ3) is 10.4. The topological polar surface area (TPSA) is 83.5 Å². The average molecular weight is 442 g/mol. The van der Waals surface area contributed by atoms with E-state index in [1.165, 1.54) is 30.8 Å². The fourth-order valence-electron chi connectivity index (χ4n) is 1.82. The Morgan fingerprint density at radius 2 is 1.93 bits per heavy atom. The van der Waals surface area contributed by atoms with Crippen LogP contribution in [-0.4, -0.2) is 34.7 Å².